The summed E-state index contributed by atoms with van der Waals surface area (Å²) in [6.45, 7) is 4.01. The highest BCUT2D eigenvalue weighted by Gasteiger charge is 2.31. The molecular weight excluding hydrogens is 424 g/mol. The molecule has 0 saturated carbocycles. The monoisotopic (exact) mass is 450 g/mol. The van der Waals surface area contributed by atoms with Crippen molar-refractivity contribution in [1.82, 2.24) is 4.72 Å². The number of hydrogen-bond acceptors (Lipinski definition) is 4. The number of fused-ring (bicyclic) bond motifs is 1. The second-order valence-corrected chi connectivity index (χ2v) is 9.83. The quantitative estimate of drug-likeness (QED) is 0.614. The molecule has 4 rings (SSSR count). The minimum Gasteiger partial charge on any atom is -0.497 e. The Labute approximate surface area is 188 Å². The van der Waals surface area contributed by atoms with Crippen molar-refractivity contribution in [3.8, 4) is 5.75 Å². The van der Waals surface area contributed by atoms with Crippen LogP contribution in [0.5, 0.6) is 5.75 Å². The number of nitrogens with one attached hydrogen (secondary N) is 1. The van der Waals surface area contributed by atoms with Crippen LogP contribution >= 0.6 is 0 Å². The molecule has 1 atom stereocenters. The summed E-state index contributed by atoms with van der Waals surface area (Å²) in [4.78, 5) is 15.3. The summed E-state index contributed by atoms with van der Waals surface area (Å²) in [6, 6.07) is 19.6. The van der Waals surface area contributed by atoms with Crippen LogP contribution in [-0.2, 0) is 23.0 Å². The smallest absolute Gasteiger partial charge is 0.258 e. The molecule has 0 spiro atoms. The van der Waals surface area contributed by atoms with Gasteiger partial charge in [0.25, 0.3) is 5.91 Å². The molecule has 0 unspecified atom stereocenters. The maximum Gasteiger partial charge on any atom is 0.258 e. The van der Waals surface area contributed by atoms with Gasteiger partial charge in [-0.1, -0.05) is 24.3 Å². The number of ether oxygens (including phenoxy) is 1. The SMILES string of the molecule is COc1ccc(C(=O)N2c3cc(CNS(=O)(=O)c4cccc(C)c4)ccc3C[C@H]2C)cc1. The van der Waals surface area contributed by atoms with Crippen molar-refractivity contribution < 1.29 is 17.9 Å². The van der Waals surface area contributed by atoms with Crippen molar-refractivity contribution in [2.75, 3.05) is 12.0 Å². The maximum absolute atomic E-state index is 13.2. The summed E-state index contributed by atoms with van der Waals surface area (Å²) in [5.74, 6) is 0.607. The number of methoxy groups -OCH3 is 1. The zero-order valence-corrected chi connectivity index (χ0v) is 19.1. The first-order chi connectivity index (χ1) is 15.3. The Morgan fingerprint density at radius 1 is 1.09 bits per heavy atom. The lowest BCUT2D eigenvalue weighted by Crippen LogP contribution is -2.35. The van der Waals surface area contributed by atoms with Crippen LogP contribution in [0.2, 0.25) is 0 Å². The van der Waals surface area contributed by atoms with Crippen LogP contribution in [0.4, 0.5) is 5.69 Å². The molecular formula is C25H26N2O4S. The van der Waals surface area contributed by atoms with E-state index in [0.29, 0.717) is 11.3 Å². The largest absolute Gasteiger partial charge is 0.497 e. The zero-order chi connectivity index (χ0) is 22.9. The Morgan fingerprint density at radius 3 is 2.53 bits per heavy atom. The summed E-state index contributed by atoms with van der Waals surface area (Å²) in [6.07, 6.45) is 0.756. The summed E-state index contributed by atoms with van der Waals surface area (Å²) in [7, 11) is -2.04. The van der Waals surface area contributed by atoms with Gasteiger partial charge in [-0.05, 0) is 79.4 Å². The third kappa shape index (κ3) is 4.40. The second kappa shape index (κ2) is 8.76. The predicted molar refractivity (Wildman–Crippen MR) is 125 cm³/mol. The van der Waals surface area contributed by atoms with Gasteiger partial charge in [-0.25, -0.2) is 13.1 Å². The average molecular weight is 451 g/mol. The molecule has 0 fully saturated rings. The second-order valence-electron chi connectivity index (χ2n) is 8.06. The first-order valence-electron chi connectivity index (χ1n) is 10.4. The van der Waals surface area contributed by atoms with Gasteiger partial charge in [0.05, 0.1) is 12.0 Å². The fourth-order valence-corrected chi connectivity index (χ4v) is 5.11. The molecule has 3 aromatic rings. The van der Waals surface area contributed by atoms with Crippen LogP contribution in [0.3, 0.4) is 0 Å². The molecule has 3 aromatic carbocycles. The number of anilines is 1. The standard InChI is InChI=1S/C25H26N2O4S/c1-17-5-4-6-23(13-17)32(29,30)26-16-19-7-8-21-14-18(2)27(24(21)15-19)25(28)20-9-11-22(31-3)12-10-20/h4-13,15,18,26H,14,16H2,1-3H3/t18-/m1/s1. The lowest BCUT2D eigenvalue weighted by Gasteiger charge is -2.23. The van der Waals surface area contributed by atoms with Crippen molar-refractivity contribution in [2.24, 2.45) is 0 Å². The normalized spacial score (nSPS) is 15.5. The Bertz CT molecular complexity index is 1250. The number of amides is 1. The van der Waals surface area contributed by atoms with Crippen molar-refractivity contribution in [3.63, 3.8) is 0 Å². The zero-order valence-electron chi connectivity index (χ0n) is 18.3. The van der Waals surface area contributed by atoms with Crippen LogP contribution in [-0.4, -0.2) is 27.5 Å². The molecule has 0 radical (unpaired) electrons. The maximum atomic E-state index is 13.2. The Hall–Kier alpha value is -3.16. The Morgan fingerprint density at radius 2 is 1.84 bits per heavy atom. The van der Waals surface area contributed by atoms with Gasteiger partial charge in [-0.15, -0.1) is 0 Å². The number of hydrogen-bond donors (Lipinski definition) is 1. The summed E-state index contributed by atoms with van der Waals surface area (Å²) in [5, 5.41) is 0. The van der Waals surface area contributed by atoms with Crippen LogP contribution in [0.25, 0.3) is 0 Å². The van der Waals surface area contributed by atoms with E-state index in [1.165, 1.54) is 0 Å². The minimum atomic E-state index is -3.63. The third-order valence-corrected chi connectivity index (χ3v) is 7.09. The number of nitrogens with zero attached hydrogens (tertiary/aromatic N) is 1. The van der Waals surface area contributed by atoms with Gasteiger partial charge in [0.2, 0.25) is 10.0 Å². The van der Waals surface area contributed by atoms with E-state index >= 15 is 0 Å². The fraction of sp³-hybridized carbons (Fsp3) is 0.240. The number of sulfonamides is 1. The summed E-state index contributed by atoms with van der Waals surface area (Å²) < 4.78 is 33.2. The van der Waals surface area contributed by atoms with E-state index in [1.54, 1.807) is 54.5 Å². The number of benzene rings is 3. The van der Waals surface area contributed by atoms with E-state index in [1.807, 2.05) is 38.1 Å². The molecule has 0 saturated heterocycles. The molecule has 1 aliphatic rings. The van der Waals surface area contributed by atoms with E-state index in [0.717, 1.165) is 28.8 Å². The van der Waals surface area contributed by atoms with E-state index < -0.39 is 10.0 Å². The Balaban J connectivity index is 1.56. The highest BCUT2D eigenvalue weighted by Crippen LogP contribution is 2.34. The molecule has 0 aromatic heterocycles. The van der Waals surface area contributed by atoms with Gasteiger partial charge in [-0.2, -0.15) is 0 Å². The third-order valence-electron chi connectivity index (χ3n) is 5.69. The minimum absolute atomic E-state index is 0.0128. The van der Waals surface area contributed by atoms with E-state index in [-0.39, 0.29) is 23.4 Å². The first-order valence-corrected chi connectivity index (χ1v) is 11.9. The molecule has 0 aliphatic carbocycles. The van der Waals surface area contributed by atoms with Crippen molar-refractivity contribution in [2.45, 2.75) is 37.8 Å². The number of rotatable bonds is 6. The lowest BCUT2D eigenvalue weighted by molar-refractivity contribution is 0.0981. The van der Waals surface area contributed by atoms with Gasteiger partial charge in [0.1, 0.15) is 5.75 Å². The number of aryl methyl sites for hydroxylation is 1. The molecule has 1 amide bonds. The molecule has 1 N–H and O–H groups in total. The molecule has 6 nitrogen and oxygen atoms in total. The molecule has 166 valence electrons. The highest BCUT2D eigenvalue weighted by atomic mass is 32.2. The molecule has 7 heteroatoms. The topological polar surface area (TPSA) is 75.7 Å². The van der Waals surface area contributed by atoms with Crippen molar-refractivity contribution >= 4 is 21.6 Å². The van der Waals surface area contributed by atoms with Crippen LogP contribution in [0.1, 0.15) is 34.0 Å². The van der Waals surface area contributed by atoms with E-state index in [2.05, 4.69) is 4.72 Å². The number of carbonyl (C=O) groups is 1. The summed E-state index contributed by atoms with van der Waals surface area (Å²) in [5.41, 5.74) is 4.15. The van der Waals surface area contributed by atoms with Gasteiger partial charge in [0, 0.05) is 23.8 Å². The van der Waals surface area contributed by atoms with E-state index in [9.17, 15) is 13.2 Å². The van der Waals surface area contributed by atoms with Crippen molar-refractivity contribution in [3.05, 3.63) is 89.0 Å². The van der Waals surface area contributed by atoms with Gasteiger partial charge in [0.15, 0.2) is 0 Å². The summed E-state index contributed by atoms with van der Waals surface area (Å²) >= 11 is 0. The van der Waals surface area contributed by atoms with Crippen LogP contribution in [0.15, 0.2) is 71.6 Å². The molecule has 32 heavy (non-hydrogen) atoms. The van der Waals surface area contributed by atoms with Crippen LogP contribution < -0.4 is 14.4 Å². The molecule has 1 aliphatic heterocycles. The molecule has 0 bridgehead atoms. The molecule has 1 heterocycles. The van der Waals surface area contributed by atoms with Crippen LogP contribution in [0, 0.1) is 6.92 Å². The highest BCUT2D eigenvalue weighted by molar-refractivity contribution is 7.89. The number of carbonyl (C=O) groups excluding carboxylic acids is 1. The van der Waals surface area contributed by atoms with Gasteiger partial charge >= 0.3 is 0 Å². The lowest BCUT2D eigenvalue weighted by atomic mass is 10.1. The van der Waals surface area contributed by atoms with Gasteiger partial charge in [-0.3, -0.25) is 4.79 Å². The van der Waals surface area contributed by atoms with Crippen molar-refractivity contribution in [1.29, 1.82) is 0 Å². The van der Waals surface area contributed by atoms with E-state index in [4.69, 9.17) is 4.74 Å². The average Bonchev–Trinajstić information content (AvgIpc) is 3.12. The first kappa shape index (κ1) is 22.0. The fourth-order valence-electron chi connectivity index (χ4n) is 3.99. The van der Waals surface area contributed by atoms with Gasteiger partial charge < -0.3 is 9.64 Å². The predicted octanol–water partition coefficient (Wildman–Crippen LogP) is 4.07. The Kier molecular flexibility index (Phi) is 6.04.